The molecule has 21 nitrogen and oxygen atoms in total. The quantitative estimate of drug-likeness (QED) is 0.0160. The molecule has 0 saturated heterocycles. The number of unbranched alkanes of at least 4 members (excludes halogenated alkanes) is 2. The molecule has 0 aliphatic rings. The number of sulfonamides is 3. The van der Waals surface area contributed by atoms with E-state index in [0.717, 1.165) is 22.1 Å². The Morgan fingerprint density at radius 1 is 0.500 bits per heavy atom. The number of nitrogens with one attached hydrogen (secondary N) is 6. The Morgan fingerprint density at radius 3 is 1.47 bits per heavy atom. The summed E-state index contributed by atoms with van der Waals surface area (Å²) < 4.78 is 87.4. The second-order valence-corrected chi connectivity index (χ2v) is 24.6. The minimum absolute atomic E-state index is 0.0962. The van der Waals surface area contributed by atoms with Crippen LogP contribution in [0.4, 0.5) is 17.1 Å². The van der Waals surface area contributed by atoms with Gasteiger partial charge in [0.1, 0.15) is 6.04 Å². The molecule has 9 N–H and O–H groups in total. The van der Waals surface area contributed by atoms with Gasteiger partial charge in [0.2, 0.25) is 36.0 Å². The second-order valence-electron chi connectivity index (χ2n) is 19.5. The van der Waals surface area contributed by atoms with Crippen LogP contribution in [0.2, 0.25) is 0 Å². The van der Waals surface area contributed by atoms with Crippen LogP contribution in [0, 0.1) is 0 Å². The van der Waals surface area contributed by atoms with Gasteiger partial charge in [-0.15, -0.1) is 0 Å². The average molecular weight is 1140 g/mol. The molecule has 3 amide bonds. The van der Waals surface area contributed by atoms with Gasteiger partial charge >= 0.3 is 0 Å². The molecule has 0 saturated carbocycles. The number of benzene rings is 6. The number of amides is 3. The average Bonchev–Trinajstić information content (AvgIpc) is 3.44. The largest absolute Gasteiger partial charge is 0.377 e. The highest BCUT2D eigenvalue weighted by molar-refractivity contribution is 7.90. The van der Waals surface area contributed by atoms with E-state index in [-0.39, 0.29) is 46.5 Å². The summed E-state index contributed by atoms with van der Waals surface area (Å²) in [6.45, 7) is 3.69. The van der Waals surface area contributed by atoms with E-state index in [1.807, 2.05) is 80.5 Å². The summed E-state index contributed by atoms with van der Waals surface area (Å²) in [4.78, 5) is 42.2. The lowest BCUT2D eigenvalue weighted by atomic mass is 9.89. The van der Waals surface area contributed by atoms with Gasteiger partial charge in [0, 0.05) is 111 Å². The standard InChI is InChI=1S/C35H46N6O8S2.C19H27N3O4S/c1-6-12-29(35(43)38-45)39-51(48,49)32-19-11-16-26-25(32)20-21-27(33(26)41(4)5)28(34(42)37-44)13-7-8-22-36-50(46,47)31-18-10-14-23-24(31)15-9-17-30(23)40(2)3;1-14(8-4-5-13-19(23)20-24)21-27(25,26)18-12-7-9-15-16(18)10-6-11-17(15)22(2)3/h9-11,14-21,28-29,36,39,44-45H,6-8,12-13,22H2,1-5H3,(H,37,42)(H,38,43);6-7,9-12,14,21,24H,4-5,8,13H2,1-3H3,(H,20,23). The van der Waals surface area contributed by atoms with Gasteiger partial charge in [0.25, 0.3) is 11.8 Å². The molecule has 0 spiro atoms. The lowest BCUT2D eigenvalue weighted by Gasteiger charge is -2.26. The highest BCUT2D eigenvalue weighted by atomic mass is 32.2. The zero-order valence-corrected chi connectivity index (χ0v) is 47.6. The van der Waals surface area contributed by atoms with E-state index in [0.29, 0.717) is 71.3 Å². The van der Waals surface area contributed by atoms with Crippen molar-refractivity contribution in [1.82, 2.24) is 30.6 Å². The maximum absolute atomic E-state index is 13.5. The predicted octanol–water partition coefficient (Wildman–Crippen LogP) is 6.45. The van der Waals surface area contributed by atoms with Gasteiger partial charge in [0.05, 0.1) is 20.6 Å². The van der Waals surface area contributed by atoms with E-state index < -0.39 is 59.8 Å². The van der Waals surface area contributed by atoms with Crippen molar-refractivity contribution in [1.29, 1.82) is 0 Å². The number of anilines is 3. The zero-order chi connectivity index (χ0) is 57.5. The van der Waals surface area contributed by atoms with Gasteiger partial charge < -0.3 is 14.7 Å². The first-order chi connectivity index (χ1) is 36.9. The summed E-state index contributed by atoms with van der Waals surface area (Å²) in [5, 5.41) is 31.1. The van der Waals surface area contributed by atoms with Crippen LogP contribution in [0.15, 0.2) is 118 Å². The molecule has 0 heterocycles. The van der Waals surface area contributed by atoms with Crippen LogP contribution < -0.4 is 45.3 Å². The monoisotopic (exact) mass is 1140 g/mol. The second kappa shape index (κ2) is 27.9. The minimum atomic E-state index is -4.25. The molecule has 6 aromatic carbocycles. The van der Waals surface area contributed by atoms with Gasteiger partial charge in [-0.05, 0) is 74.9 Å². The summed E-state index contributed by atoms with van der Waals surface area (Å²) >= 11 is 0. The van der Waals surface area contributed by atoms with Crippen molar-refractivity contribution in [2.24, 2.45) is 0 Å². The van der Waals surface area contributed by atoms with Crippen molar-refractivity contribution in [2.75, 3.05) is 63.5 Å². The van der Waals surface area contributed by atoms with Crippen LogP contribution in [0.5, 0.6) is 0 Å². The molecule has 0 aliphatic heterocycles. The van der Waals surface area contributed by atoms with E-state index in [2.05, 4.69) is 14.2 Å². The molecule has 0 radical (unpaired) electrons. The third kappa shape index (κ3) is 15.4. The molecule has 6 rings (SSSR count). The third-order valence-electron chi connectivity index (χ3n) is 13.1. The van der Waals surface area contributed by atoms with Gasteiger partial charge in [-0.3, -0.25) is 30.0 Å². The highest BCUT2D eigenvalue weighted by Gasteiger charge is 2.30. The Morgan fingerprint density at radius 2 is 0.974 bits per heavy atom. The third-order valence-corrected chi connectivity index (χ3v) is 17.8. The fourth-order valence-corrected chi connectivity index (χ4v) is 13.7. The molecule has 3 unspecified atom stereocenters. The van der Waals surface area contributed by atoms with E-state index in [1.54, 1.807) is 98.4 Å². The molecule has 6 aromatic rings. The van der Waals surface area contributed by atoms with Crippen molar-refractivity contribution >= 4 is 97.2 Å². The molecule has 424 valence electrons. The SMILES string of the molecule is CC(CCCCC(=O)NO)NS(=O)(=O)c1cccc2c(N(C)C)cccc12.CCCC(NS(=O)(=O)c1cccc2c(N(C)C)c(C(CCCCNS(=O)(=O)c3cccc4c(N(C)C)cccc34)C(=O)NO)ccc12)C(=O)NO. The summed E-state index contributed by atoms with van der Waals surface area (Å²) in [7, 11) is -0.656. The lowest BCUT2D eigenvalue weighted by Crippen LogP contribution is -2.45. The first kappa shape index (κ1) is 62.4. The molecule has 3 atom stereocenters. The fraction of sp³-hybridized carbons (Fsp3) is 0.389. The Labute approximate surface area is 457 Å². The van der Waals surface area contributed by atoms with Crippen LogP contribution in [0.3, 0.4) is 0 Å². The van der Waals surface area contributed by atoms with Crippen LogP contribution in [-0.4, -0.2) is 120 Å². The fourth-order valence-electron chi connectivity index (χ4n) is 9.43. The topological polar surface area (TPSA) is 296 Å². The van der Waals surface area contributed by atoms with E-state index in [1.165, 1.54) is 11.5 Å². The van der Waals surface area contributed by atoms with Crippen LogP contribution >= 0.6 is 0 Å². The number of carbonyl (C=O) groups is 3. The number of hydroxylamine groups is 3. The molecular weight excluding hydrogens is 1060 g/mol. The maximum Gasteiger partial charge on any atom is 0.261 e. The molecule has 0 aromatic heterocycles. The van der Waals surface area contributed by atoms with E-state index in [9.17, 15) is 44.8 Å². The van der Waals surface area contributed by atoms with Crippen molar-refractivity contribution in [3.63, 3.8) is 0 Å². The van der Waals surface area contributed by atoms with Crippen LogP contribution in [0.1, 0.15) is 83.1 Å². The summed E-state index contributed by atoms with van der Waals surface area (Å²) in [5.74, 6) is -2.85. The number of carbonyl (C=O) groups excluding carboxylic acids is 3. The molecule has 24 heteroatoms. The van der Waals surface area contributed by atoms with Crippen LogP contribution in [-0.2, 0) is 44.5 Å². The van der Waals surface area contributed by atoms with Gasteiger partial charge in [0.15, 0.2) is 0 Å². The summed E-state index contributed by atoms with van der Waals surface area (Å²) in [6, 6.07) is 28.0. The Kier molecular flexibility index (Phi) is 22.3. The van der Waals surface area contributed by atoms with Crippen molar-refractivity contribution in [3.05, 3.63) is 109 Å². The van der Waals surface area contributed by atoms with E-state index in [4.69, 9.17) is 10.4 Å². The maximum atomic E-state index is 13.5. The van der Waals surface area contributed by atoms with Gasteiger partial charge in [-0.1, -0.05) is 99.0 Å². The van der Waals surface area contributed by atoms with Crippen molar-refractivity contribution in [2.45, 2.75) is 104 Å². The lowest BCUT2D eigenvalue weighted by molar-refractivity contribution is -0.131. The first-order valence-electron chi connectivity index (χ1n) is 25.4. The smallest absolute Gasteiger partial charge is 0.261 e. The predicted molar refractivity (Wildman–Crippen MR) is 304 cm³/mol. The summed E-state index contributed by atoms with van der Waals surface area (Å²) in [5.41, 5.74) is 7.76. The molecule has 78 heavy (non-hydrogen) atoms. The normalized spacial score (nSPS) is 13.0. The van der Waals surface area contributed by atoms with Crippen LogP contribution in [0.25, 0.3) is 32.3 Å². The molecule has 0 fully saturated rings. The number of hydrogen-bond acceptors (Lipinski definition) is 15. The Bertz CT molecular complexity index is 3420. The Hall–Kier alpha value is -6.48. The number of rotatable bonds is 26. The minimum Gasteiger partial charge on any atom is -0.377 e. The van der Waals surface area contributed by atoms with Crippen molar-refractivity contribution < 1.29 is 55.3 Å². The number of fused-ring (bicyclic) bond motifs is 3. The van der Waals surface area contributed by atoms with Crippen molar-refractivity contribution in [3.8, 4) is 0 Å². The molecular formula is C54H73N9O12S3. The zero-order valence-electron chi connectivity index (χ0n) is 45.2. The first-order valence-corrected chi connectivity index (χ1v) is 29.9. The van der Waals surface area contributed by atoms with Gasteiger partial charge in [-0.2, -0.15) is 4.72 Å². The van der Waals surface area contributed by atoms with E-state index >= 15 is 0 Å². The number of hydrogen-bond donors (Lipinski definition) is 9. The molecule has 0 bridgehead atoms. The highest BCUT2D eigenvalue weighted by Crippen LogP contribution is 2.39. The van der Waals surface area contributed by atoms with Gasteiger partial charge in [-0.25, -0.2) is 51.1 Å². The molecule has 0 aliphatic carbocycles. The number of nitrogens with zero attached hydrogens (tertiary/aromatic N) is 3. The Balaban J connectivity index is 0.000000348. The summed E-state index contributed by atoms with van der Waals surface area (Å²) in [6.07, 6.45) is 3.76.